The standard InChI is InChI=1S/C15H31N3/c1-14-12-17(2)10-7-11-18(14)15(13-16)8-5-3-4-6-9-15/h14H,3-13,16H2,1-2H3. The molecule has 1 saturated heterocycles. The van der Waals surface area contributed by atoms with E-state index in [0.29, 0.717) is 11.6 Å². The van der Waals surface area contributed by atoms with Crippen LogP contribution in [0.1, 0.15) is 51.9 Å². The Morgan fingerprint density at radius 3 is 2.33 bits per heavy atom. The summed E-state index contributed by atoms with van der Waals surface area (Å²) < 4.78 is 0. The van der Waals surface area contributed by atoms with E-state index in [1.165, 1.54) is 64.6 Å². The van der Waals surface area contributed by atoms with Gasteiger partial charge in [-0.2, -0.15) is 0 Å². The van der Waals surface area contributed by atoms with E-state index in [2.05, 4.69) is 23.8 Å². The predicted molar refractivity (Wildman–Crippen MR) is 77.8 cm³/mol. The fourth-order valence-electron chi connectivity index (χ4n) is 4.07. The highest BCUT2D eigenvalue weighted by Crippen LogP contribution is 2.34. The highest BCUT2D eigenvalue weighted by atomic mass is 15.3. The molecule has 1 atom stereocenters. The molecule has 0 bridgehead atoms. The summed E-state index contributed by atoms with van der Waals surface area (Å²) in [4.78, 5) is 5.24. The largest absolute Gasteiger partial charge is 0.329 e. The van der Waals surface area contributed by atoms with Gasteiger partial charge in [0.15, 0.2) is 0 Å². The summed E-state index contributed by atoms with van der Waals surface area (Å²) in [7, 11) is 2.25. The lowest BCUT2D eigenvalue weighted by Crippen LogP contribution is -2.58. The SMILES string of the molecule is CC1CN(C)CCCN1C1(CN)CCCCCC1. The van der Waals surface area contributed by atoms with Gasteiger partial charge in [-0.1, -0.05) is 25.7 Å². The second-order valence-corrected chi connectivity index (χ2v) is 6.50. The first kappa shape index (κ1) is 14.3. The van der Waals surface area contributed by atoms with Gasteiger partial charge in [-0.05, 0) is 39.8 Å². The van der Waals surface area contributed by atoms with E-state index < -0.39 is 0 Å². The zero-order valence-corrected chi connectivity index (χ0v) is 12.3. The van der Waals surface area contributed by atoms with Crippen LogP contribution < -0.4 is 5.73 Å². The quantitative estimate of drug-likeness (QED) is 0.765. The molecule has 2 fully saturated rings. The van der Waals surface area contributed by atoms with Crippen molar-refractivity contribution < 1.29 is 0 Å². The van der Waals surface area contributed by atoms with Crippen LogP contribution in [-0.4, -0.2) is 54.6 Å². The van der Waals surface area contributed by atoms with E-state index in [4.69, 9.17) is 5.73 Å². The Hall–Kier alpha value is -0.120. The molecule has 0 radical (unpaired) electrons. The molecule has 1 heterocycles. The smallest absolute Gasteiger partial charge is 0.0335 e. The maximum absolute atomic E-state index is 6.23. The topological polar surface area (TPSA) is 32.5 Å². The molecule has 2 aliphatic rings. The molecule has 2 N–H and O–H groups in total. The Morgan fingerprint density at radius 2 is 1.72 bits per heavy atom. The van der Waals surface area contributed by atoms with Gasteiger partial charge >= 0.3 is 0 Å². The summed E-state index contributed by atoms with van der Waals surface area (Å²) in [5.41, 5.74) is 6.54. The molecular formula is C15H31N3. The minimum absolute atomic E-state index is 0.307. The normalized spacial score (nSPS) is 31.8. The molecule has 3 nitrogen and oxygen atoms in total. The van der Waals surface area contributed by atoms with Crippen molar-refractivity contribution in [3.63, 3.8) is 0 Å². The fourth-order valence-corrected chi connectivity index (χ4v) is 4.07. The van der Waals surface area contributed by atoms with Crippen molar-refractivity contribution in [3.8, 4) is 0 Å². The van der Waals surface area contributed by atoms with E-state index in [9.17, 15) is 0 Å². The Bertz CT molecular complexity index is 246. The lowest BCUT2D eigenvalue weighted by Gasteiger charge is -2.46. The number of likely N-dealkylation sites (N-methyl/N-ethyl adjacent to an activating group) is 1. The van der Waals surface area contributed by atoms with Crippen LogP contribution in [0.5, 0.6) is 0 Å². The summed E-state index contributed by atoms with van der Waals surface area (Å²) in [6.45, 7) is 6.91. The van der Waals surface area contributed by atoms with Crippen molar-refractivity contribution in [2.24, 2.45) is 5.73 Å². The van der Waals surface area contributed by atoms with Crippen LogP contribution in [0.4, 0.5) is 0 Å². The number of nitrogens with two attached hydrogens (primary N) is 1. The third-order valence-electron chi connectivity index (χ3n) is 5.07. The van der Waals surface area contributed by atoms with Crippen molar-refractivity contribution in [1.29, 1.82) is 0 Å². The van der Waals surface area contributed by atoms with Crippen molar-refractivity contribution in [2.45, 2.75) is 63.5 Å². The Labute approximate surface area is 113 Å². The highest BCUT2D eigenvalue weighted by Gasteiger charge is 2.38. The van der Waals surface area contributed by atoms with Crippen LogP contribution in [0, 0.1) is 0 Å². The van der Waals surface area contributed by atoms with Crippen molar-refractivity contribution in [2.75, 3.05) is 33.2 Å². The number of rotatable bonds is 2. The molecule has 0 spiro atoms. The highest BCUT2D eigenvalue weighted by molar-refractivity contribution is 4.96. The van der Waals surface area contributed by atoms with Crippen LogP contribution in [-0.2, 0) is 0 Å². The van der Waals surface area contributed by atoms with Gasteiger partial charge in [-0.15, -0.1) is 0 Å². The Morgan fingerprint density at radius 1 is 1.06 bits per heavy atom. The van der Waals surface area contributed by atoms with Gasteiger partial charge in [0.05, 0.1) is 0 Å². The van der Waals surface area contributed by atoms with E-state index in [0.717, 1.165) is 6.54 Å². The third kappa shape index (κ3) is 3.06. The zero-order chi connectivity index (χ0) is 13.0. The monoisotopic (exact) mass is 253 g/mol. The molecule has 1 aliphatic heterocycles. The predicted octanol–water partition coefficient (Wildman–Crippen LogP) is 2.06. The van der Waals surface area contributed by atoms with Gasteiger partial charge in [0, 0.05) is 31.2 Å². The third-order valence-corrected chi connectivity index (χ3v) is 5.07. The van der Waals surface area contributed by atoms with Crippen LogP contribution in [0.2, 0.25) is 0 Å². The van der Waals surface area contributed by atoms with Gasteiger partial charge in [-0.25, -0.2) is 0 Å². The van der Waals surface area contributed by atoms with Crippen molar-refractivity contribution in [1.82, 2.24) is 9.80 Å². The van der Waals surface area contributed by atoms with Gasteiger partial charge in [0.25, 0.3) is 0 Å². The first-order valence-corrected chi connectivity index (χ1v) is 7.83. The first-order valence-electron chi connectivity index (χ1n) is 7.83. The summed E-state index contributed by atoms with van der Waals surface area (Å²) in [6, 6.07) is 0.652. The second kappa shape index (κ2) is 6.36. The van der Waals surface area contributed by atoms with E-state index >= 15 is 0 Å². The minimum atomic E-state index is 0.307. The van der Waals surface area contributed by atoms with Crippen molar-refractivity contribution in [3.05, 3.63) is 0 Å². The fraction of sp³-hybridized carbons (Fsp3) is 1.00. The molecule has 1 unspecified atom stereocenters. The summed E-state index contributed by atoms with van der Waals surface area (Å²) in [6.07, 6.45) is 9.48. The van der Waals surface area contributed by atoms with Crippen molar-refractivity contribution >= 4 is 0 Å². The molecular weight excluding hydrogens is 222 g/mol. The maximum Gasteiger partial charge on any atom is 0.0335 e. The lowest BCUT2D eigenvalue weighted by molar-refractivity contribution is 0.0437. The second-order valence-electron chi connectivity index (χ2n) is 6.50. The van der Waals surface area contributed by atoms with Gasteiger partial charge in [0.1, 0.15) is 0 Å². The zero-order valence-electron chi connectivity index (χ0n) is 12.3. The molecule has 0 aromatic rings. The molecule has 1 saturated carbocycles. The summed E-state index contributed by atoms with van der Waals surface area (Å²) in [5, 5.41) is 0. The van der Waals surface area contributed by atoms with Crippen LogP contribution in [0.15, 0.2) is 0 Å². The van der Waals surface area contributed by atoms with Crippen LogP contribution in [0.25, 0.3) is 0 Å². The van der Waals surface area contributed by atoms with Crippen LogP contribution >= 0.6 is 0 Å². The molecule has 1 aliphatic carbocycles. The Balaban J connectivity index is 2.13. The van der Waals surface area contributed by atoms with E-state index in [-0.39, 0.29) is 0 Å². The average molecular weight is 253 g/mol. The number of hydrogen-bond donors (Lipinski definition) is 1. The molecule has 0 amide bonds. The Kier molecular flexibility index (Phi) is 5.05. The lowest BCUT2D eigenvalue weighted by atomic mass is 9.86. The van der Waals surface area contributed by atoms with E-state index in [1.54, 1.807) is 0 Å². The maximum atomic E-state index is 6.23. The van der Waals surface area contributed by atoms with Crippen LogP contribution in [0.3, 0.4) is 0 Å². The number of hydrogen-bond acceptors (Lipinski definition) is 3. The van der Waals surface area contributed by atoms with Gasteiger partial charge in [-0.3, -0.25) is 4.90 Å². The summed E-state index contributed by atoms with van der Waals surface area (Å²) >= 11 is 0. The molecule has 0 aromatic heterocycles. The summed E-state index contributed by atoms with van der Waals surface area (Å²) in [5.74, 6) is 0. The molecule has 0 aromatic carbocycles. The molecule has 2 rings (SSSR count). The molecule has 3 heteroatoms. The molecule has 106 valence electrons. The van der Waals surface area contributed by atoms with Gasteiger partial charge in [0.2, 0.25) is 0 Å². The first-order chi connectivity index (χ1) is 8.68. The minimum Gasteiger partial charge on any atom is -0.329 e. The number of nitrogens with zero attached hydrogens (tertiary/aromatic N) is 2. The molecule has 18 heavy (non-hydrogen) atoms. The average Bonchev–Trinajstić information content (AvgIpc) is 2.68. The van der Waals surface area contributed by atoms with E-state index in [1.807, 2.05) is 0 Å². The van der Waals surface area contributed by atoms with Gasteiger partial charge < -0.3 is 10.6 Å².